The number of hydrogen-bond acceptors (Lipinski definition) is 1. The molecule has 1 aromatic heterocycles. The van der Waals surface area contributed by atoms with E-state index in [4.69, 9.17) is 4.11 Å². The van der Waals surface area contributed by atoms with Gasteiger partial charge < -0.3 is 0 Å². The third-order valence-corrected chi connectivity index (χ3v) is 2.73. The molecule has 0 aliphatic carbocycles. The first-order valence-electron chi connectivity index (χ1n) is 6.20. The van der Waals surface area contributed by atoms with E-state index < -0.39 is 6.98 Å². The number of aromatic nitrogens is 1. The number of aryl methyl sites for hydroxylation is 1. The first kappa shape index (κ1) is 5.76. The van der Waals surface area contributed by atoms with Crippen LogP contribution in [0.4, 0.5) is 0 Å². The summed E-state index contributed by atoms with van der Waals surface area (Å²) in [5.41, 5.74) is 1.10. The summed E-state index contributed by atoms with van der Waals surface area (Å²) in [5, 5.41) is 0. The Morgan fingerprint density at radius 1 is 1.69 bits per heavy atom. The van der Waals surface area contributed by atoms with Crippen molar-refractivity contribution >= 4 is 0 Å². The van der Waals surface area contributed by atoms with Crippen molar-refractivity contribution in [1.29, 1.82) is 0 Å². The lowest BCUT2D eigenvalue weighted by Crippen LogP contribution is -2.29. The summed E-state index contributed by atoms with van der Waals surface area (Å²) in [4.78, 5) is 2.28. The predicted molar refractivity (Wildman–Crippen MR) is 52.2 cm³/mol. The SMILES string of the molecule is [2H]C([2H])([2H])[n+]1cccc([C@@H]2CCCN2C)c1. The molecule has 0 N–H and O–H groups in total. The highest BCUT2D eigenvalue weighted by atomic mass is 15.1. The Morgan fingerprint density at radius 2 is 2.62 bits per heavy atom. The van der Waals surface area contributed by atoms with E-state index in [1.54, 1.807) is 12.4 Å². The maximum Gasteiger partial charge on any atom is 0.173 e. The van der Waals surface area contributed by atoms with Crippen LogP contribution >= 0.6 is 0 Å². The van der Waals surface area contributed by atoms with E-state index in [-0.39, 0.29) is 0 Å². The van der Waals surface area contributed by atoms with E-state index in [0.29, 0.717) is 6.04 Å². The third kappa shape index (κ3) is 1.73. The molecule has 1 saturated heterocycles. The molecule has 1 atom stereocenters. The zero-order chi connectivity index (χ0) is 11.8. The molecule has 0 spiro atoms. The molecule has 1 aliphatic heterocycles. The van der Waals surface area contributed by atoms with Crippen molar-refractivity contribution in [3.05, 3.63) is 30.1 Å². The Hall–Kier alpha value is -0.890. The summed E-state index contributed by atoms with van der Waals surface area (Å²) in [5.74, 6) is 0. The molecule has 0 bridgehead atoms. The van der Waals surface area contributed by atoms with Crippen molar-refractivity contribution in [3.63, 3.8) is 0 Å². The topological polar surface area (TPSA) is 7.12 Å². The second-order valence-corrected chi connectivity index (χ2v) is 3.68. The van der Waals surface area contributed by atoms with Gasteiger partial charge in [-0.2, -0.15) is 0 Å². The molecular formula is C11H17N2+. The fourth-order valence-electron chi connectivity index (χ4n) is 2.02. The van der Waals surface area contributed by atoms with Gasteiger partial charge in [-0.1, -0.05) is 0 Å². The van der Waals surface area contributed by atoms with Crippen LogP contribution in [0.3, 0.4) is 0 Å². The number of hydrogen-bond donors (Lipinski definition) is 0. The fourth-order valence-corrected chi connectivity index (χ4v) is 2.02. The van der Waals surface area contributed by atoms with Gasteiger partial charge >= 0.3 is 0 Å². The van der Waals surface area contributed by atoms with Gasteiger partial charge in [-0.25, -0.2) is 4.57 Å². The van der Waals surface area contributed by atoms with Crippen molar-refractivity contribution in [2.24, 2.45) is 6.98 Å². The standard InChI is InChI=1S/C11H17N2/c1-12-7-3-5-10(9-12)11-6-4-8-13(11)2/h3,5,7,9,11H,4,6,8H2,1-2H3/q+1/t11-/m0/s1/i1D3. The molecule has 0 saturated carbocycles. The number of pyridine rings is 1. The molecule has 2 nitrogen and oxygen atoms in total. The Balaban J connectivity index is 2.29. The minimum Gasteiger partial charge on any atom is -0.299 e. The minimum absolute atomic E-state index is 0.370. The van der Waals surface area contributed by atoms with Crippen LogP contribution in [0.25, 0.3) is 0 Å². The van der Waals surface area contributed by atoms with Gasteiger partial charge in [-0.15, -0.1) is 0 Å². The number of rotatable bonds is 1. The second-order valence-electron chi connectivity index (χ2n) is 3.68. The second kappa shape index (κ2) is 3.46. The molecule has 2 rings (SSSR count). The van der Waals surface area contributed by atoms with Gasteiger partial charge in [-0.05, 0) is 32.5 Å². The highest BCUT2D eigenvalue weighted by molar-refractivity contribution is 5.12. The maximum atomic E-state index is 7.37. The average Bonchev–Trinajstić information content (AvgIpc) is 2.63. The first-order chi connectivity index (χ1) is 7.48. The minimum atomic E-state index is -2.08. The van der Waals surface area contributed by atoms with Crippen LogP contribution in [0, 0.1) is 0 Å². The van der Waals surface area contributed by atoms with Crippen molar-refractivity contribution in [1.82, 2.24) is 4.90 Å². The van der Waals surface area contributed by atoms with E-state index in [2.05, 4.69) is 11.9 Å². The van der Waals surface area contributed by atoms with Crippen LogP contribution in [0.15, 0.2) is 24.5 Å². The Kier molecular flexibility index (Phi) is 1.53. The van der Waals surface area contributed by atoms with Gasteiger partial charge in [-0.3, -0.25) is 4.90 Å². The van der Waals surface area contributed by atoms with E-state index in [1.165, 1.54) is 11.0 Å². The molecule has 1 fully saturated rings. The first-order valence-corrected chi connectivity index (χ1v) is 4.70. The molecular weight excluding hydrogens is 160 g/mol. The highest BCUT2D eigenvalue weighted by Gasteiger charge is 2.23. The Labute approximate surface area is 84.0 Å². The van der Waals surface area contributed by atoms with Crippen LogP contribution < -0.4 is 4.57 Å². The number of nitrogens with zero attached hydrogens (tertiary/aromatic N) is 2. The van der Waals surface area contributed by atoms with Crippen LogP contribution in [0.5, 0.6) is 0 Å². The van der Waals surface area contributed by atoms with Crippen molar-refractivity contribution in [2.75, 3.05) is 13.6 Å². The summed E-state index contributed by atoms with van der Waals surface area (Å²) in [7, 11) is 2.09. The summed E-state index contributed by atoms with van der Waals surface area (Å²) >= 11 is 0. The zero-order valence-corrected chi connectivity index (χ0v) is 7.90. The third-order valence-electron chi connectivity index (χ3n) is 2.73. The smallest absolute Gasteiger partial charge is 0.173 e. The molecule has 70 valence electrons. The lowest BCUT2D eigenvalue weighted by atomic mass is 10.1. The fraction of sp³-hybridized carbons (Fsp3) is 0.545. The van der Waals surface area contributed by atoms with Crippen molar-refractivity contribution in [3.8, 4) is 0 Å². The summed E-state index contributed by atoms with van der Waals surface area (Å²) in [6.07, 6.45) is 5.65. The van der Waals surface area contributed by atoms with Crippen LogP contribution in [0.2, 0.25) is 0 Å². The van der Waals surface area contributed by atoms with Gasteiger partial charge in [0.2, 0.25) is 0 Å². The van der Waals surface area contributed by atoms with E-state index >= 15 is 0 Å². The normalized spacial score (nSPS) is 28.1. The highest BCUT2D eigenvalue weighted by Crippen LogP contribution is 2.28. The van der Waals surface area contributed by atoms with E-state index in [9.17, 15) is 0 Å². The molecule has 0 amide bonds. The van der Waals surface area contributed by atoms with Crippen LogP contribution in [-0.4, -0.2) is 18.5 Å². The lowest BCUT2D eigenvalue weighted by Gasteiger charge is -2.17. The number of likely N-dealkylation sites (tertiary alicyclic amines) is 1. The molecule has 1 aromatic rings. The monoisotopic (exact) mass is 180 g/mol. The van der Waals surface area contributed by atoms with Crippen LogP contribution in [0.1, 0.15) is 28.6 Å². The summed E-state index contributed by atoms with van der Waals surface area (Å²) < 4.78 is 23.4. The molecule has 13 heavy (non-hydrogen) atoms. The predicted octanol–water partition coefficient (Wildman–Crippen LogP) is 1.28. The van der Waals surface area contributed by atoms with E-state index in [1.807, 2.05) is 12.1 Å². The van der Waals surface area contributed by atoms with Gasteiger partial charge in [0.1, 0.15) is 11.1 Å². The van der Waals surface area contributed by atoms with Gasteiger partial charge in [0.05, 0.1) is 0 Å². The largest absolute Gasteiger partial charge is 0.299 e. The zero-order valence-electron chi connectivity index (χ0n) is 10.9. The van der Waals surface area contributed by atoms with Gasteiger partial charge in [0.15, 0.2) is 12.4 Å². The van der Waals surface area contributed by atoms with Crippen LogP contribution in [-0.2, 0) is 6.98 Å². The Morgan fingerprint density at radius 3 is 3.31 bits per heavy atom. The molecule has 0 aromatic carbocycles. The van der Waals surface area contributed by atoms with Gasteiger partial charge in [0.25, 0.3) is 0 Å². The van der Waals surface area contributed by atoms with Crippen molar-refractivity contribution in [2.45, 2.75) is 18.9 Å². The van der Waals surface area contributed by atoms with E-state index in [0.717, 1.165) is 18.5 Å². The van der Waals surface area contributed by atoms with Crippen molar-refractivity contribution < 1.29 is 8.68 Å². The van der Waals surface area contributed by atoms with Gasteiger partial charge in [0, 0.05) is 17.7 Å². The average molecular weight is 180 g/mol. The quantitative estimate of drug-likeness (QED) is 0.590. The lowest BCUT2D eigenvalue weighted by molar-refractivity contribution is -0.672. The molecule has 0 unspecified atom stereocenters. The Bertz CT molecular complexity index is 376. The summed E-state index contributed by atoms with van der Waals surface area (Å²) in [6, 6.07) is 4.19. The molecule has 1 aliphatic rings. The molecule has 0 radical (unpaired) electrons. The maximum absolute atomic E-state index is 7.37. The molecule has 2 heterocycles. The molecule has 2 heteroatoms. The summed E-state index contributed by atoms with van der Waals surface area (Å²) in [6.45, 7) is -0.986.